The van der Waals surface area contributed by atoms with Gasteiger partial charge in [0.15, 0.2) is 0 Å². The molecule has 2 unspecified atom stereocenters. The van der Waals surface area contributed by atoms with E-state index in [-0.39, 0.29) is 12.1 Å². The number of ether oxygens (including phenoxy) is 1. The molecule has 0 amide bonds. The Morgan fingerprint density at radius 2 is 2.38 bits per heavy atom. The number of hydrogen-bond acceptors (Lipinski definition) is 3. The highest BCUT2D eigenvalue weighted by Crippen LogP contribution is 2.13. The lowest BCUT2D eigenvalue weighted by atomic mass is 10.1. The van der Waals surface area contributed by atoms with Crippen LogP contribution in [0.25, 0.3) is 0 Å². The predicted octanol–water partition coefficient (Wildman–Crippen LogP) is 0.845. The summed E-state index contributed by atoms with van der Waals surface area (Å²) in [5.41, 5.74) is 5.95. The molecule has 4 heteroatoms. The summed E-state index contributed by atoms with van der Waals surface area (Å²) < 4.78 is 7.08. The summed E-state index contributed by atoms with van der Waals surface area (Å²) in [7, 11) is 3.63. The second kappa shape index (κ2) is 4.39. The fourth-order valence-corrected chi connectivity index (χ4v) is 1.29. The minimum absolute atomic E-state index is 0.0463. The van der Waals surface area contributed by atoms with Crippen LogP contribution in [-0.4, -0.2) is 22.8 Å². The van der Waals surface area contributed by atoms with Crippen LogP contribution < -0.4 is 5.73 Å². The van der Waals surface area contributed by atoms with E-state index in [1.807, 2.05) is 24.7 Å². The quantitative estimate of drug-likeness (QED) is 0.752. The predicted molar refractivity (Wildman–Crippen MR) is 51.2 cm³/mol. The van der Waals surface area contributed by atoms with E-state index in [4.69, 9.17) is 10.5 Å². The maximum atomic E-state index is 5.95. The van der Waals surface area contributed by atoms with Crippen molar-refractivity contribution in [3.8, 4) is 0 Å². The van der Waals surface area contributed by atoms with E-state index < -0.39 is 0 Å². The number of hydrogen-bond donors (Lipinski definition) is 1. The summed E-state index contributed by atoms with van der Waals surface area (Å²) in [5, 5.41) is 0. The van der Waals surface area contributed by atoms with Crippen LogP contribution in [0.1, 0.15) is 25.2 Å². The zero-order valence-corrected chi connectivity index (χ0v) is 8.40. The number of methoxy groups -OCH3 is 1. The Kier molecular flexibility index (Phi) is 3.45. The minimum atomic E-state index is -0.0463. The third-order valence-corrected chi connectivity index (χ3v) is 2.18. The molecule has 0 fully saturated rings. The first-order chi connectivity index (χ1) is 6.15. The van der Waals surface area contributed by atoms with Crippen molar-refractivity contribution in [3.63, 3.8) is 0 Å². The fourth-order valence-electron chi connectivity index (χ4n) is 1.29. The lowest BCUT2D eigenvalue weighted by molar-refractivity contribution is 0.103. The Morgan fingerprint density at radius 1 is 1.69 bits per heavy atom. The molecule has 1 rings (SSSR count). The Morgan fingerprint density at radius 3 is 2.85 bits per heavy atom. The van der Waals surface area contributed by atoms with Gasteiger partial charge < -0.3 is 15.0 Å². The van der Waals surface area contributed by atoms with Gasteiger partial charge in [-0.1, -0.05) is 0 Å². The molecule has 0 aliphatic carbocycles. The van der Waals surface area contributed by atoms with Gasteiger partial charge in [-0.3, -0.25) is 0 Å². The summed E-state index contributed by atoms with van der Waals surface area (Å²) in [6, 6.07) is -0.0463. The zero-order chi connectivity index (χ0) is 9.84. The largest absolute Gasteiger partial charge is 0.382 e. The second-order valence-electron chi connectivity index (χ2n) is 3.28. The smallest absolute Gasteiger partial charge is 0.125 e. The van der Waals surface area contributed by atoms with Gasteiger partial charge in [-0.2, -0.15) is 0 Å². The van der Waals surface area contributed by atoms with Crippen LogP contribution in [0.4, 0.5) is 0 Å². The number of nitrogens with two attached hydrogens (primary N) is 1. The highest BCUT2D eigenvalue weighted by molar-refractivity contribution is 4.97. The van der Waals surface area contributed by atoms with Gasteiger partial charge in [0.2, 0.25) is 0 Å². The Hall–Kier alpha value is -0.870. The zero-order valence-electron chi connectivity index (χ0n) is 8.40. The molecule has 2 N–H and O–H groups in total. The monoisotopic (exact) mass is 183 g/mol. The van der Waals surface area contributed by atoms with Crippen LogP contribution >= 0.6 is 0 Å². The number of imidazole rings is 1. The van der Waals surface area contributed by atoms with E-state index >= 15 is 0 Å². The second-order valence-corrected chi connectivity index (χ2v) is 3.28. The van der Waals surface area contributed by atoms with Crippen molar-refractivity contribution in [2.24, 2.45) is 12.8 Å². The minimum Gasteiger partial charge on any atom is -0.382 e. The van der Waals surface area contributed by atoms with E-state index in [0.29, 0.717) is 0 Å². The molecule has 0 saturated heterocycles. The molecule has 1 aromatic rings. The summed E-state index contributed by atoms with van der Waals surface area (Å²) in [4.78, 5) is 4.19. The molecule has 0 bridgehead atoms. The van der Waals surface area contributed by atoms with Crippen molar-refractivity contribution in [3.05, 3.63) is 18.2 Å². The Balaban J connectivity index is 2.58. The van der Waals surface area contributed by atoms with E-state index in [2.05, 4.69) is 4.98 Å². The molecule has 1 aromatic heterocycles. The first kappa shape index (κ1) is 10.2. The van der Waals surface area contributed by atoms with Gasteiger partial charge in [-0.05, 0) is 13.3 Å². The SMILES string of the molecule is COC(C)CC(N)c1nccn1C. The van der Waals surface area contributed by atoms with Crippen molar-refractivity contribution in [1.82, 2.24) is 9.55 Å². The molecule has 0 radical (unpaired) electrons. The topological polar surface area (TPSA) is 53.1 Å². The van der Waals surface area contributed by atoms with Crippen LogP contribution in [0.2, 0.25) is 0 Å². The van der Waals surface area contributed by atoms with Crippen LogP contribution in [0, 0.1) is 0 Å². The molecule has 2 atom stereocenters. The van der Waals surface area contributed by atoms with Crippen molar-refractivity contribution < 1.29 is 4.74 Å². The first-order valence-corrected chi connectivity index (χ1v) is 4.40. The number of rotatable bonds is 4. The molecule has 1 heterocycles. The van der Waals surface area contributed by atoms with Crippen LogP contribution in [-0.2, 0) is 11.8 Å². The lowest BCUT2D eigenvalue weighted by Gasteiger charge is -2.15. The summed E-state index contributed by atoms with van der Waals surface area (Å²) in [6.07, 6.45) is 4.62. The Labute approximate surface area is 78.7 Å². The fraction of sp³-hybridized carbons (Fsp3) is 0.667. The van der Waals surface area contributed by atoms with Crippen molar-refractivity contribution in [1.29, 1.82) is 0 Å². The summed E-state index contributed by atoms with van der Waals surface area (Å²) >= 11 is 0. The standard InChI is InChI=1S/C9H17N3O/c1-7(13-3)6-8(10)9-11-4-5-12(9)2/h4-5,7-8H,6,10H2,1-3H3. The molecular weight excluding hydrogens is 166 g/mol. The van der Waals surface area contributed by atoms with Gasteiger partial charge in [-0.15, -0.1) is 0 Å². The van der Waals surface area contributed by atoms with Crippen molar-refractivity contribution >= 4 is 0 Å². The van der Waals surface area contributed by atoms with Gasteiger partial charge in [-0.25, -0.2) is 4.98 Å². The Bertz CT molecular complexity index is 259. The van der Waals surface area contributed by atoms with Gasteiger partial charge in [0.1, 0.15) is 5.82 Å². The molecular formula is C9H17N3O. The molecule has 0 aromatic carbocycles. The number of nitrogens with zero attached hydrogens (tertiary/aromatic N) is 2. The van der Waals surface area contributed by atoms with Crippen LogP contribution in [0.15, 0.2) is 12.4 Å². The number of aromatic nitrogens is 2. The van der Waals surface area contributed by atoms with Crippen molar-refractivity contribution in [2.75, 3.05) is 7.11 Å². The van der Waals surface area contributed by atoms with E-state index in [1.54, 1.807) is 13.3 Å². The van der Waals surface area contributed by atoms with Crippen LogP contribution in [0.5, 0.6) is 0 Å². The molecule has 4 nitrogen and oxygen atoms in total. The average molecular weight is 183 g/mol. The number of aryl methyl sites for hydroxylation is 1. The molecule has 13 heavy (non-hydrogen) atoms. The lowest BCUT2D eigenvalue weighted by Crippen LogP contribution is -2.21. The molecule has 0 aliphatic rings. The highest BCUT2D eigenvalue weighted by Gasteiger charge is 2.13. The van der Waals surface area contributed by atoms with Gasteiger partial charge >= 0.3 is 0 Å². The average Bonchev–Trinajstić information content (AvgIpc) is 2.51. The molecule has 74 valence electrons. The van der Waals surface area contributed by atoms with Gasteiger partial charge in [0.25, 0.3) is 0 Å². The van der Waals surface area contributed by atoms with Crippen molar-refractivity contribution in [2.45, 2.75) is 25.5 Å². The first-order valence-electron chi connectivity index (χ1n) is 4.40. The maximum absolute atomic E-state index is 5.95. The van der Waals surface area contributed by atoms with E-state index in [9.17, 15) is 0 Å². The van der Waals surface area contributed by atoms with Gasteiger partial charge in [0.05, 0.1) is 12.1 Å². The van der Waals surface area contributed by atoms with Crippen LogP contribution in [0.3, 0.4) is 0 Å². The van der Waals surface area contributed by atoms with E-state index in [0.717, 1.165) is 12.2 Å². The maximum Gasteiger partial charge on any atom is 0.125 e. The highest BCUT2D eigenvalue weighted by atomic mass is 16.5. The third kappa shape index (κ3) is 2.54. The van der Waals surface area contributed by atoms with E-state index in [1.165, 1.54) is 0 Å². The molecule has 0 saturated carbocycles. The normalized spacial score (nSPS) is 15.7. The van der Waals surface area contributed by atoms with Gasteiger partial charge in [0, 0.05) is 26.6 Å². The summed E-state index contributed by atoms with van der Waals surface area (Å²) in [6.45, 7) is 2.00. The molecule has 0 spiro atoms. The molecule has 0 aliphatic heterocycles. The summed E-state index contributed by atoms with van der Waals surface area (Å²) in [5.74, 6) is 0.906. The third-order valence-electron chi connectivity index (χ3n) is 2.18.